The van der Waals surface area contributed by atoms with E-state index in [0.29, 0.717) is 87.6 Å². The Morgan fingerprint density at radius 1 is 0.407 bits per heavy atom. The largest absolute Gasteiger partial charge is 1.00 e. The molecule has 9 aliphatic heterocycles. The summed E-state index contributed by atoms with van der Waals surface area (Å²) in [4.78, 5) is 165. The van der Waals surface area contributed by atoms with E-state index in [0.717, 1.165) is 126 Å². The van der Waals surface area contributed by atoms with Gasteiger partial charge in [0.15, 0.2) is 45.8 Å². The van der Waals surface area contributed by atoms with Crippen molar-refractivity contribution in [1.29, 1.82) is 0 Å². The number of aromatic nitrogens is 4. The number of carbonyl (C=O) groups excluding carboxylic acids is 7. The molecule has 10 bridgehead atoms. The summed E-state index contributed by atoms with van der Waals surface area (Å²) in [5, 5.41) is 28.3. The van der Waals surface area contributed by atoms with Crippen molar-refractivity contribution < 1.29 is 151 Å². The molecule has 5 aliphatic carbocycles. The molecule has 10 atom stereocenters. The average Bonchev–Trinajstić information content (AvgIpc) is 1.55. The molecule has 4 spiro atoms. The molecule has 8 N–H and O–H groups in total. The Bertz CT molecular complexity index is 7070. The molecule has 23 rings (SSSR count). The first-order chi connectivity index (χ1) is 69.5. The number of halogens is 8. The Morgan fingerprint density at radius 2 is 0.707 bits per heavy atom. The average molecular weight is 2140 g/mol. The number of carboxylic acids is 1. The summed E-state index contributed by atoms with van der Waals surface area (Å²) in [5.41, 5.74) is 2.64. The van der Waals surface area contributed by atoms with Gasteiger partial charge in [-0.25, -0.2) is 35.9 Å². The summed E-state index contributed by atoms with van der Waals surface area (Å²) in [7, 11) is 0. The number of hydrogen-bond acceptors (Lipinski definition) is 20. The van der Waals surface area contributed by atoms with Gasteiger partial charge in [-0.15, -0.1) is 24.8 Å². The normalized spacial score (nSPS) is 26.3. The molecular formula is C110H123Cl2F6KN12O19. The van der Waals surface area contributed by atoms with Gasteiger partial charge in [0.1, 0.15) is 77.0 Å². The molecule has 4 aromatic heterocycles. The Balaban J connectivity index is 0.000000144. The predicted molar refractivity (Wildman–Crippen MR) is 539 cm³/mol. The second-order valence-electron chi connectivity index (χ2n) is 44.6. The second kappa shape index (κ2) is 43.2. The molecule has 150 heavy (non-hydrogen) atoms. The van der Waals surface area contributed by atoms with Crippen molar-refractivity contribution in [2.45, 2.75) is 257 Å². The number of carboxylic acid groups (broad SMARTS) is 1. The zero-order valence-corrected chi connectivity index (χ0v) is 89.6. The number of aromatic carboxylic acids is 1. The third-order valence-corrected chi connectivity index (χ3v) is 33.2. The number of nitrogens with two attached hydrogens (primary N) is 1. The smallest absolute Gasteiger partial charge is 0.870 e. The summed E-state index contributed by atoms with van der Waals surface area (Å²) in [5.74, 6) is -13.2. The van der Waals surface area contributed by atoms with Gasteiger partial charge in [0, 0.05) is 144 Å². The van der Waals surface area contributed by atoms with Crippen LogP contribution in [-0.4, -0.2) is 175 Å². The van der Waals surface area contributed by atoms with E-state index in [1.165, 1.54) is 61.6 Å². The topological polar surface area (TPSA) is 407 Å². The van der Waals surface area contributed by atoms with Gasteiger partial charge in [-0.3, -0.25) is 47.9 Å². The molecule has 0 radical (unpaired) electrons. The predicted octanol–water partition coefficient (Wildman–Crippen LogP) is 12.1. The maximum atomic E-state index is 14.2. The van der Waals surface area contributed by atoms with E-state index < -0.39 is 133 Å². The third kappa shape index (κ3) is 21.1. The zero-order chi connectivity index (χ0) is 103. The summed E-state index contributed by atoms with van der Waals surface area (Å²) in [6.45, 7) is 18.3. The van der Waals surface area contributed by atoms with Crippen LogP contribution in [0.2, 0.25) is 0 Å². The van der Waals surface area contributed by atoms with Gasteiger partial charge in [-0.1, -0.05) is 158 Å². The van der Waals surface area contributed by atoms with Crippen LogP contribution in [0.25, 0.3) is 0 Å². The summed E-state index contributed by atoms with van der Waals surface area (Å²) in [6.07, 6.45) is 25.8. The van der Waals surface area contributed by atoms with Crippen LogP contribution in [0, 0.1) is 62.0 Å². The van der Waals surface area contributed by atoms with Crippen molar-refractivity contribution in [3.05, 3.63) is 289 Å². The fraction of sp³-hybridized carbons (Fsp3) is 0.473. The van der Waals surface area contributed by atoms with E-state index in [4.69, 9.17) is 24.7 Å². The molecule has 13 heterocycles. The molecule has 10 fully saturated rings. The van der Waals surface area contributed by atoms with E-state index in [-0.39, 0.29) is 215 Å². The number of aromatic hydroxyl groups is 1. The maximum absolute atomic E-state index is 14.2. The van der Waals surface area contributed by atoms with E-state index in [1.54, 1.807) is 25.5 Å². The zero-order valence-electron chi connectivity index (χ0n) is 84.8. The van der Waals surface area contributed by atoms with Crippen LogP contribution >= 0.6 is 24.8 Å². The first-order valence-corrected chi connectivity index (χ1v) is 50.2. The van der Waals surface area contributed by atoms with Gasteiger partial charge in [0.25, 0.3) is 35.4 Å². The Labute approximate surface area is 916 Å². The molecular weight excluding hydrogens is 2020 g/mol. The Kier molecular flexibility index (Phi) is 32.5. The molecule has 0 unspecified atom stereocenters. The monoisotopic (exact) mass is 2140 g/mol. The third-order valence-electron chi connectivity index (χ3n) is 33.2. The number of pyridine rings is 4. The molecule has 5 aromatic carbocycles. The summed E-state index contributed by atoms with van der Waals surface area (Å²) in [6, 6.07) is 29.9. The molecule has 31 nitrogen and oxygen atoms in total. The second-order valence-corrected chi connectivity index (χ2v) is 44.6. The van der Waals surface area contributed by atoms with Crippen LogP contribution in [0.4, 0.5) is 26.3 Å². The number of benzene rings is 5. The van der Waals surface area contributed by atoms with Crippen LogP contribution in [0.3, 0.4) is 0 Å². The fourth-order valence-corrected chi connectivity index (χ4v) is 26.9. The number of nitrogens with one attached hydrogen (secondary N) is 3. The summed E-state index contributed by atoms with van der Waals surface area (Å²) >= 11 is 0. The number of carbonyl (C=O) groups is 8. The van der Waals surface area contributed by atoms with Gasteiger partial charge in [0.05, 0.1) is 28.8 Å². The number of rotatable bonds is 19. The first kappa shape index (κ1) is 113. The molecule has 6 amide bonds. The SMILES string of the molecule is CCOC(=O)c1cn2c(c(OCc3ccccc3)c1=O)C(=O)N1C[C@@]3(C)CCC[C@]1(C2)C3.C[C@@]12CCC[C@]3(Cn4cc(C(=O)NCc5c(F)cc(F)cc5F)c(=O)c(O)c4C(=O)N3C1)C2.C[C@@]12CCC[C@]3(Cn4cc(C(=O)NCc5c(F)cc(F)cc5F)c(=O)c(OCc5ccccc5)c4C(=O)N3C1)C2.C[C@@]12CCC[C@]3(Cn4cc(C(=O)O)c(=O)c(OCc5ccccc5)c4C(=O)N3C1)C2.C[C@]12CCC[C@](CN)(C1)NC2.Cl.Cl.[K+].[OH-]. The Morgan fingerprint density at radius 3 is 1.04 bits per heavy atom. The number of amides is 6. The molecule has 5 saturated carbocycles. The Hall–Kier alpha value is -11.5. The molecule has 14 aliphatic rings. The van der Waals surface area contributed by atoms with E-state index in [2.05, 4.69) is 50.6 Å². The van der Waals surface area contributed by atoms with Crippen molar-refractivity contribution in [2.75, 3.05) is 45.9 Å². The first-order valence-electron chi connectivity index (χ1n) is 50.2. The minimum Gasteiger partial charge on any atom is -0.870 e. The van der Waals surface area contributed by atoms with Gasteiger partial charge in [0.2, 0.25) is 21.7 Å². The maximum Gasteiger partial charge on any atom is 1.00 e. The molecule has 9 aromatic rings. The number of nitrogens with zero attached hydrogens (tertiary/aromatic N) is 8. The quantitative estimate of drug-likeness (QED) is 0.0249. The van der Waals surface area contributed by atoms with Crippen LogP contribution in [0.5, 0.6) is 23.0 Å². The van der Waals surface area contributed by atoms with E-state index in [1.807, 2.05) is 106 Å². The van der Waals surface area contributed by atoms with Gasteiger partial charge < -0.3 is 94.2 Å². The van der Waals surface area contributed by atoms with Crippen molar-refractivity contribution in [3.8, 4) is 23.0 Å². The summed E-state index contributed by atoms with van der Waals surface area (Å²) < 4.78 is 112. The number of esters is 1. The molecule has 794 valence electrons. The number of ether oxygens (including phenoxy) is 4. The van der Waals surface area contributed by atoms with Gasteiger partial charge in [-0.05, 0) is 147 Å². The van der Waals surface area contributed by atoms with Crippen LogP contribution in [-0.2, 0) is 63.8 Å². The molecule has 5 saturated heterocycles. The van der Waals surface area contributed by atoms with Crippen molar-refractivity contribution in [1.82, 2.24) is 53.8 Å². The van der Waals surface area contributed by atoms with Crippen LogP contribution in [0.1, 0.15) is 281 Å². The minimum atomic E-state index is -1.31. The van der Waals surface area contributed by atoms with Crippen molar-refractivity contribution in [2.24, 2.45) is 32.8 Å². The number of hydrogen-bond donors (Lipinski definition) is 6. The van der Waals surface area contributed by atoms with Crippen LogP contribution in [0.15, 0.2) is 159 Å². The number of fused-ring (bicyclic) bond motifs is 10. The standard InChI is InChI=1S/C30H28F3N3O4.C25H28N2O5.C23H22F3N3O4.C23H24N2O5.C9H18N2.2ClH.K.H2O/c1-29-8-5-9-30(15-29)17-35-13-21(27(38)34-12-20-22(32)10-19(31)11-23(20)33)25(37)26(24(35)28(39)36(30)16-29)40-14-18-6-3-2-4-7-18;1-3-31-23(30)18-12-26-16-25-11-7-10-24(2,14-25)15-27(25)22(29)19(26)21(20(18)28)32-13-17-8-5-4-6-9-17;1-22-3-2-4-23(9-22)11-28-8-14(18(30)19(31)17(28)21(33)29(23)10-22)20(32)27-7-13-15(25)5-12(24)6-16(13)26;1-22-8-5-9-23(12-22)14-24-10-16(21(28)29)18(26)19(17(24)20(27)25(23)13-22)30-11-15-6-3-2-4-7-15;1-8-3-2-4-9(5-8,6-10)11-7-8;;;;/h2-4,6-7,10-11,13H,5,8-9,12,14-17H2,1H3,(H,34,38);4-6,8-9,12H,3,7,10-11,13-16H2,1-2H3;5-6,8,31H,2-4,7,9-11H2,1H3,(H,27,32);2-4,6-7,10H,5,8-9,11-14H2,1H3,(H,28,29);11H,2-7,10H2,1H3;2*1H;;1H2/q;;;;;;;+1;/p-1/t29-,30+;24-,25+;2*22-,23+;8-,9+;;;;/m00000..../s1. The molecule has 40 heteroatoms. The van der Waals surface area contributed by atoms with E-state index >= 15 is 0 Å². The fourth-order valence-electron chi connectivity index (χ4n) is 26.9. The van der Waals surface area contributed by atoms with Crippen molar-refractivity contribution >= 4 is 72.2 Å². The van der Waals surface area contributed by atoms with Crippen LogP contribution < -0.4 is 109 Å². The van der Waals surface area contributed by atoms with Crippen molar-refractivity contribution in [3.63, 3.8) is 0 Å². The minimum absolute atomic E-state index is 0. The van der Waals surface area contributed by atoms with Gasteiger partial charge in [-0.2, -0.15) is 0 Å². The van der Waals surface area contributed by atoms with E-state index in [9.17, 15) is 94.1 Å². The van der Waals surface area contributed by atoms with Gasteiger partial charge >= 0.3 is 63.3 Å².